The molecule has 2 aliphatic rings. The molecular weight excluding hydrogens is 222 g/mol. The van der Waals surface area contributed by atoms with E-state index in [2.05, 4.69) is 54.2 Å². The normalized spacial score (nSPS) is 26.6. The Bertz CT molecular complexity index is 493. The van der Waals surface area contributed by atoms with Crippen LogP contribution in [0, 0.1) is 13.8 Å². The first kappa shape index (κ1) is 11.6. The number of fused-ring (bicyclic) bond motifs is 1. The highest BCUT2D eigenvalue weighted by atomic mass is 15.4. The zero-order valence-corrected chi connectivity index (χ0v) is 11.4. The van der Waals surface area contributed by atoms with Crippen LogP contribution in [0.25, 0.3) is 0 Å². The summed E-state index contributed by atoms with van der Waals surface area (Å²) in [5.74, 6) is 1.09. The molecule has 2 atom stereocenters. The van der Waals surface area contributed by atoms with Gasteiger partial charge in [0.1, 0.15) is 0 Å². The third kappa shape index (κ3) is 1.88. The van der Waals surface area contributed by atoms with Crippen LogP contribution in [0.2, 0.25) is 0 Å². The van der Waals surface area contributed by atoms with Gasteiger partial charge in [-0.25, -0.2) is 0 Å². The zero-order chi connectivity index (χ0) is 12.7. The molecule has 1 fully saturated rings. The van der Waals surface area contributed by atoms with Crippen molar-refractivity contribution in [1.29, 1.82) is 0 Å². The topological polar surface area (TPSA) is 27.6 Å². The van der Waals surface area contributed by atoms with Gasteiger partial charge in [-0.05, 0) is 43.9 Å². The van der Waals surface area contributed by atoms with Crippen LogP contribution in [0.1, 0.15) is 36.1 Å². The quantitative estimate of drug-likeness (QED) is 0.820. The van der Waals surface area contributed by atoms with Crippen LogP contribution in [0.4, 0.5) is 0 Å². The molecule has 0 aliphatic carbocycles. The Morgan fingerprint density at radius 2 is 2.11 bits per heavy atom. The fourth-order valence-electron chi connectivity index (χ4n) is 2.91. The summed E-state index contributed by atoms with van der Waals surface area (Å²) in [6, 6.07) is 7.86. The number of aliphatic imine (C=N–C) groups is 1. The second-order valence-corrected chi connectivity index (χ2v) is 5.55. The Hall–Kier alpha value is -1.51. The molecule has 1 saturated heterocycles. The van der Waals surface area contributed by atoms with Crippen LogP contribution in [0.15, 0.2) is 23.2 Å². The molecule has 2 unspecified atom stereocenters. The van der Waals surface area contributed by atoms with Crippen molar-refractivity contribution in [2.24, 2.45) is 4.99 Å². The van der Waals surface area contributed by atoms with Gasteiger partial charge in [-0.3, -0.25) is 4.99 Å². The molecule has 0 aromatic heterocycles. The molecule has 1 N–H and O–H groups in total. The van der Waals surface area contributed by atoms with Gasteiger partial charge in [-0.1, -0.05) is 18.2 Å². The van der Waals surface area contributed by atoms with Crippen molar-refractivity contribution in [3.63, 3.8) is 0 Å². The highest BCUT2D eigenvalue weighted by Gasteiger charge is 2.33. The Labute approximate surface area is 109 Å². The highest BCUT2D eigenvalue weighted by Crippen LogP contribution is 2.30. The smallest absolute Gasteiger partial charge is 0.194 e. The molecule has 1 aromatic rings. The predicted octanol–water partition coefficient (Wildman–Crippen LogP) is 2.40. The molecule has 0 radical (unpaired) electrons. The fourth-order valence-corrected chi connectivity index (χ4v) is 2.91. The molecule has 0 saturated carbocycles. The first-order valence-corrected chi connectivity index (χ1v) is 6.80. The van der Waals surface area contributed by atoms with E-state index in [9.17, 15) is 0 Å². The highest BCUT2D eigenvalue weighted by molar-refractivity contribution is 5.83. The SMILES string of the molecule is Cc1ccc(C2CCN=C3NC(C)CN32)cc1C. The molecule has 0 bridgehead atoms. The molecule has 2 heterocycles. The van der Waals surface area contributed by atoms with E-state index in [1.54, 1.807) is 0 Å². The second kappa shape index (κ2) is 4.30. The number of nitrogens with zero attached hydrogens (tertiary/aromatic N) is 2. The van der Waals surface area contributed by atoms with E-state index in [0.717, 1.165) is 25.5 Å². The van der Waals surface area contributed by atoms with Crippen LogP contribution in [0.3, 0.4) is 0 Å². The third-order valence-corrected chi connectivity index (χ3v) is 4.07. The minimum absolute atomic E-state index is 0.495. The lowest BCUT2D eigenvalue weighted by atomic mass is 9.97. The average molecular weight is 243 g/mol. The van der Waals surface area contributed by atoms with Crippen LogP contribution >= 0.6 is 0 Å². The summed E-state index contributed by atoms with van der Waals surface area (Å²) in [4.78, 5) is 7.02. The maximum atomic E-state index is 4.59. The number of hydrogen-bond acceptors (Lipinski definition) is 3. The van der Waals surface area contributed by atoms with E-state index < -0.39 is 0 Å². The van der Waals surface area contributed by atoms with Crippen LogP contribution in [0.5, 0.6) is 0 Å². The summed E-state index contributed by atoms with van der Waals surface area (Å²) in [5, 5.41) is 3.46. The van der Waals surface area contributed by atoms with Gasteiger partial charge in [0.05, 0.1) is 6.04 Å². The summed E-state index contributed by atoms with van der Waals surface area (Å²) < 4.78 is 0. The standard InChI is InChI=1S/C15H21N3/c1-10-4-5-13(8-11(10)2)14-6-7-16-15-17-12(3)9-18(14)15/h4-5,8,12,14H,6-7,9H2,1-3H3,(H,16,17). The maximum absolute atomic E-state index is 4.59. The lowest BCUT2D eigenvalue weighted by Crippen LogP contribution is -2.37. The van der Waals surface area contributed by atoms with Crippen molar-refractivity contribution < 1.29 is 0 Å². The van der Waals surface area contributed by atoms with E-state index in [4.69, 9.17) is 0 Å². The monoisotopic (exact) mass is 243 g/mol. The maximum Gasteiger partial charge on any atom is 0.194 e. The van der Waals surface area contributed by atoms with Gasteiger partial charge in [0.15, 0.2) is 5.96 Å². The van der Waals surface area contributed by atoms with Crippen molar-refractivity contribution in [3.8, 4) is 0 Å². The molecular formula is C15H21N3. The molecule has 3 nitrogen and oxygen atoms in total. The van der Waals surface area contributed by atoms with Gasteiger partial charge in [-0.2, -0.15) is 0 Å². The van der Waals surface area contributed by atoms with Crippen molar-refractivity contribution >= 4 is 5.96 Å². The summed E-state index contributed by atoms with van der Waals surface area (Å²) >= 11 is 0. The first-order chi connectivity index (χ1) is 8.65. The molecule has 0 amide bonds. The number of rotatable bonds is 1. The van der Waals surface area contributed by atoms with Gasteiger partial charge in [-0.15, -0.1) is 0 Å². The van der Waals surface area contributed by atoms with Gasteiger partial charge >= 0.3 is 0 Å². The summed E-state index contributed by atoms with van der Waals surface area (Å²) in [6.45, 7) is 8.59. The molecule has 96 valence electrons. The molecule has 1 aromatic carbocycles. The van der Waals surface area contributed by atoms with E-state index in [1.807, 2.05) is 0 Å². The van der Waals surface area contributed by atoms with E-state index in [-0.39, 0.29) is 0 Å². The van der Waals surface area contributed by atoms with Crippen LogP contribution in [-0.2, 0) is 0 Å². The molecule has 3 rings (SSSR count). The molecule has 2 aliphatic heterocycles. The predicted molar refractivity (Wildman–Crippen MR) is 74.9 cm³/mol. The van der Waals surface area contributed by atoms with E-state index in [0.29, 0.717) is 12.1 Å². The molecule has 18 heavy (non-hydrogen) atoms. The Morgan fingerprint density at radius 1 is 1.28 bits per heavy atom. The Balaban J connectivity index is 1.92. The minimum Gasteiger partial charge on any atom is -0.352 e. The average Bonchev–Trinajstić information content (AvgIpc) is 2.72. The van der Waals surface area contributed by atoms with E-state index >= 15 is 0 Å². The molecule has 0 spiro atoms. The Morgan fingerprint density at radius 3 is 2.89 bits per heavy atom. The van der Waals surface area contributed by atoms with Gasteiger partial charge in [0.25, 0.3) is 0 Å². The number of nitrogens with one attached hydrogen (secondary N) is 1. The lowest BCUT2D eigenvalue weighted by molar-refractivity contribution is 0.305. The zero-order valence-electron chi connectivity index (χ0n) is 11.4. The van der Waals surface area contributed by atoms with Gasteiger partial charge in [0, 0.05) is 19.1 Å². The number of guanidine groups is 1. The van der Waals surface area contributed by atoms with Crippen molar-refractivity contribution in [1.82, 2.24) is 10.2 Å². The fraction of sp³-hybridized carbons (Fsp3) is 0.533. The third-order valence-electron chi connectivity index (χ3n) is 4.07. The second-order valence-electron chi connectivity index (χ2n) is 5.55. The van der Waals surface area contributed by atoms with Gasteiger partial charge < -0.3 is 10.2 Å². The Kier molecular flexibility index (Phi) is 2.77. The number of hydrogen-bond donors (Lipinski definition) is 1. The number of benzene rings is 1. The van der Waals surface area contributed by atoms with Crippen molar-refractivity contribution in [3.05, 3.63) is 34.9 Å². The van der Waals surface area contributed by atoms with E-state index in [1.165, 1.54) is 16.7 Å². The lowest BCUT2D eigenvalue weighted by Gasteiger charge is -2.32. The summed E-state index contributed by atoms with van der Waals surface area (Å²) in [5.41, 5.74) is 4.19. The minimum atomic E-state index is 0.495. The van der Waals surface area contributed by atoms with Crippen LogP contribution < -0.4 is 5.32 Å². The van der Waals surface area contributed by atoms with Crippen LogP contribution in [-0.4, -0.2) is 30.0 Å². The number of aryl methyl sites for hydroxylation is 2. The van der Waals surface area contributed by atoms with Crippen molar-refractivity contribution in [2.75, 3.05) is 13.1 Å². The van der Waals surface area contributed by atoms with Gasteiger partial charge in [0.2, 0.25) is 0 Å². The molecule has 3 heteroatoms. The largest absolute Gasteiger partial charge is 0.352 e. The summed E-state index contributed by atoms with van der Waals surface area (Å²) in [6.07, 6.45) is 1.13. The summed E-state index contributed by atoms with van der Waals surface area (Å²) in [7, 11) is 0. The van der Waals surface area contributed by atoms with Crippen molar-refractivity contribution in [2.45, 2.75) is 39.3 Å². The first-order valence-electron chi connectivity index (χ1n) is 6.80.